The first-order chi connectivity index (χ1) is 5.48. The summed E-state index contributed by atoms with van der Waals surface area (Å²) in [4.78, 5) is 0. The average molecular weight is 176 g/mol. The average Bonchev–Trinajstić information content (AvgIpc) is 2.03. The molecule has 0 heterocycles. The zero-order chi connectivity index (χ0) is 9.78. The molecular weight excluding hydrogens is 160 g/mol. The Morgan fingerprint density at radius 3 is 2.17 bits per heavy atom. The molecule has 3 atom stereocenters. The van der Waals surface area contributed by atoms with Crippen molar-refractivity contribution in [1.82, 2.24) is 0 Å². The number of hydrogen-bond donors (Lipinski definition) is 3. The standard InChI is InChI=1S/C8H16O4/c1-6(10)7(11)8(2,12-3)4-5-9/h4-7,9-11H,1-3H3/b5-4-. The molecule has 4 nitrogen and oxygen atoms in total. The molecule has 0 spiro atoms. The largest absolute Gasteiger partial charge is 0.516 e. The SMILES string of the molecule is COC(C)(/C=C\O)C(O)C(C)O. The summed E-state index contributed by atoms with van der Waals surface area (Å²) in [5.74, 6) is 0. The third kappa shape index (κ3) is 2.48. The van der Waals surface area contributed by atoms with Crippen LogP contribution in [0.2, 0.25) is 0 Å². The Kier molecular flexibility index (Phi) is 4.23. The van der Waals surface area contributed by atoms with E-state index in [0.717, 1.165) is 6.26 Å². The maximum Gasteiger partial charge on any atom is 0.115 e. The van der Waals surface area contributed by atoms with Crippen molar-refractivity contribution in [3.63, 3.8) is 0 Å². The van der Waals surface area contributed by atoms with E-state index in [1.165, 1.54) is 20.1 Å². The first-order valence-corrected chi connectivity index (χ1v) is 3.71. The van der Waals surface area contributed by atoms with E-state index in [-0.39, 0.29) is 0 Å². The van der Waals surface area contributed by atoms with Crippen molar-refractivity contribution in [1.29, 1.82) is 0 Å². The smallest absolute Gasteiger partial charge is 0.115 e. The molecule has 0 amide bonds. The van der Waals surface area contributed by atoms with Gasteiger partial charge in [0, 0.05) is 7.11 Å². The topological polar surface area (TPSA) is 69.9 Å². The summed E-state index contributed by atoms with van der Waals surface area (Å²) >= 11 is 0. The summed E-state index contributed by atoms with van der Waals surface area (Å²) < 4.78 is 4.94. The number of aliphatic hydroxyl groups excluding tert-OH is 3. The second-order valence-electron chi connectivity index (χ2n) is 2.89. The van der Waals surface area contributed by atoms with E-state index in [0.29, 0.717) is 0 Å². The van der Waals surface area contributed by atoms with Gasteiger partial charge in [-0.05, 0) is 19.9 Å². The van der Waals surface area contributed by atoms with Crippen LogP contribution in [-0.2, 0) is 4.74 Å². The van der Waals surface area contributed by atoms with Crippen LogP contribution in [0.3, 0.4) is 0 Å². The van der Waals surface area contributed by atoms with E-state index in [1.807, 2.05) is 0 Å². The normalized spacial score (nSPS) is 22.1. The Morgan fingerprint density at radius 1 is 1.42 bits per heavy atom. The zero-order valence-corrected chi connectivity index (χ0v) is 7.56. The van der Waals surface area contributed by atoms with E-state index in [2.05, 4.69) is 0 Å². The third-order valence-corrected chi connectivity index (χ3v) is 1.89. The Bertz CT molecular complexity index is 155. The van der Waals surface area contributed by atoms with Crippen LogP contribution in [-0.4, -0.2) is 40.2 Å². The molecule has 12 heavy (non-hydrogen) atoms. The highest BCUT2D eigenvalue weighted by Crippen LogP contribution is 2.19. The van der Waals surface area contributed by atoms with Crippen molar-refractivity contribution in [2.24, 2.45) is 0 Å². The zero-order valence-electron chi connectivity index (χ0n) is 7.56. The van der Waals surface area contributed by atoms with Crippen LogP contribution < -0.4 is 0 Å². The van der Waals surface area contributed by atoms with Gasteiger partial charge in [0.05, 0.1) is 12.4 Å². The van der Waals surface area contributed by atoms with Crippen molar-refractivity contribution >= 4 is 0 Å². The summed E-state index contributed by atoms with van der Waals surface area (Å²) in [6.07, 6.45) is 0.0940. The molecule has 0 rings (SSSR count). The van der Waals surface area contributed by atoms with E-state index >= 15 is 0 Å². The van der Waals surface area contributed by atoms with Gasteiger partial charge >= 0.3 is 0 Å². The van der Waals surface area contributed by atoms with Crippen LogP contribution >= 0.6 is 0 Å². The number of hydrogen-bond acceptors (Lipinski definition) is 4. The van der Waals surface area contributed by atoms with Crippen molar-refractivity contribution in [3.05, 3.63) is 12.3 Å². The summed E-state index contributed by atoms with van der Waals surface area (Å²) in [6, 6.07) is 0. The molecule has 0 aliphatic carbocycles. The molecule has 0 fully saturated rings. The van der Waals surface area contributed by atoms with Gasteiger partial charge in [-0.3, -0.25) is 0 Å². The second kappa shape index (κ2) is 4.45. The minimum atomic E-state index is -1.06. The Morgan fingerprint density at radius 2 is 1.92 bits per heavy atom. The van der Waals surface area contributed by atoms with E-state index in [9.17, 15) is 5.11 Å². The fourth-order valence-electron chi connectivity index (χ4n) is 0.914. The first-order valence-electron chi connectivity index (χ1n) is 3.71. The minimum Gasteiger partial charge on any atom is -0.516 e. The summed E-state index contributed by atoms with van der Waals surface area (Å²) in [7, 11) is 1.39. The molecule has 0 aromatic rings. The molecule has 0 saturated heterocycles. The van der Waals surface area contributed by atoms with Gasteiger partial charge in [0.1, 0.15) is 11.7 Å². The van der Waals surface area contributed by atoms with Gasteiger partial charge in [-0.2, -0.15) is 0 Å². The van der Waals surface area contributed by atoms with Crippen molar-refractivity contribution in [3.8, 4) is 0 Å². The fraction of sp³-hybridized carbons (Fsp3) is 0.750. The monoisotopic (exact) mass is 176 g/mol. The summed E-state index contributed by atoms with van der Waals surface area (Å²) in [5.41, 5.74) is -1.05. The summed E-state index contributed by atoms with van der Waals surface area (Å²) in [6.45, 7) is 3.02. The molecule has 0 aromatic carbocycles. The molecule has 0 aliphatic heterocycles. The van der Waals surface area contributed by atoms with Crippen LogP contribution in [0.5, 0.6) is 0 Å². The molecule has 3 unspecified atom stereocenters. The lowest BCUT2D eigenvalue weighted by Gasteiger charge is -2.31. The second-order valence-corrected chi connectivity index (χ2v) is 2.89. The van der Waals surface area contributed by atoms with E-state index < -0.39 is 17.8 Å². The third-order valence-electron chi connectivity index (χ3n) is 1.89. The Balaban J connectivity index is 4.50. The van der Waals surface area contributed by atoms with Crippen LogP contribution in [0, 0.1) is 0 Å². The molecule has 0 aliphatic rings. The number of aliphatic hydroxyl groups is 3. The number of ether oxygens (including phenoxy) is 1. The quantitative estimate of drug-likeness (QED) is 0.535. The first kappa shape index (κ1) is 11.4. The van der Waals surface area contributed by atoms with Crippen molar-refractivity contribution in [2.75, 3.05) is 7.11 Å². The van der Waals surface area contributed by atoms with Gasteiger partial charge in [0.25, 0.3) is 0 Å². The molecule has 72 valence electrons. The van der Waals surface area contributed by atoms with Gasteiger partial charge in [-0.15, -0.1) is 0 Å². The molecule has 4 heteroatoms. The fourth-order valence-corrected chi connectivity index (χ4v) is 0.914. The van der Waals surface area contributed by atoms with Crippen molar-refractivity contribution < 1.29 is 20.1 Å². The molecule has 3 N–H and O–H groups in total. The van der Waals surface area contributed by atoms with Gasteiger partial charge in [-0.1, -0.05) is 0 Å². The molecule has 0 aromatic heterocycles. The lowest BCUT2D eigenvalue weighted by Crippen LogP contribution is -2.45. The maximum absolute atomic E-state index is 9.44. The van der Waals surface area contributed by atoms with Crippen LogP contribution in [0.25, 0.3) is 0 Å². The van der Waals surface area contributed by atoms with Gasteiger partial charge in [-0.25, -0.2) is 0 Å². The maximum atomic E-state index is 9.44. The molecule has 0 saturated carbocycles. The van der Waals surface area contributed by atoms with Crippen LogP contribution in [0.15, 0.2) is 12.3 Å². The van der Waals surface area contributed by atoms with E-state index in [4.69, 9.17) is 14.9 Å². The summed E-state index contributed by atoms with van der Waals surface area (Å²) in [5, 5.41) is 27.0. The molecular formula is C8H16O4. The van der Waals surface area contributed by atoms with Gasteiger partial charge in [0.15, 0.2) is 0 Å². The predicted molar refractivity (Wildman–Crippen MR) is 44.9 cm³/mol. The Labute approximate surface area is 72.1 Å². The van der Waals surface area contributed by atoms with Gasteiger partial charge < -0.3 is 20.1 Å². The van der Waals surface area contributed by atoms with Crippen molar-refractivity contribution in [2.45, 2.75) is 31.7 Å². The predicted octanol–water partition coefficient (Wildman–Crippen LogP) is 0.205. The lowest BCUT2D eigenvalue weighted by molar-refractivity contribution is -0.104. The molecule has 0 radical (unpaired) electrons. The highest BCUT2D eigenvalue weighted by atomic mass is 16.5. The Hall–Kier alpha value is -0.580. The van der Waals surface area contributed by atoms with Gasteiger partial charge in [0.2, 0.25) is 0 Å². The van der Waals surface area contributed by atoms with Crippen LogP contribution in [0.1, 0.15) is 13.8 Å². The number of methoxy groups -OCH3 is 1. The highest BCUT2D eigenvalue weighted by molar-refractivity contribution is 5.02. The van der Waals surface area contributed by atoms with E-state index in [1.54, 1.807) is 6.92 Å². The highest BCUT2D eigenvalue weighted by Gasteiger charge is 2.33. The molecule has 0 bridgehead atoms. The lowest BCUT2D eigenvalue weighted by atomic mass is 9.95. The minimum absolute atomic E-state index is 0.787. The van der Waals surface area contributed by atoms with Crippen LogP contribution in [0.4, 0.5) is 0 Å². The number of rotatable bonds is 4.